The van der Waals surface area contributed by atoms with Crippen LogP contribution in [0, 0.1) is 0 Å². The van der Waals surface area contributed by atoms with Crippen molar-refractivity contribution in [3.63, 3.8) is 0 Å². The molecule has 0 aliphatic heterocycles. The lowest BCUT2D eigenvalue weighted by Crippen LogP contribution is -2.15. The Bertz CT molecular complexity index is 2470. The fourth-order valence-corrected chi connectivity index (χ4v) is 8.67. The molecule has 0 aliphatic rings. The predicted octanol–water partition coefficient (Wildman–Crippen LogP) is 17.2. The van der Waals surface area contributed by atoms with Gasteiger partial charge in [0.25, 0.3) is 0 Å². The number of para-hydroxylation sites is 8. The van der Waals surface area contributed by atoms with Gasteiger partial charge in [-0.15, -0.1) is 0 Å². The molecule has 0 saturated carbocycles. The lowest BCUT2D eigenvalue weighted by molar-refractivity contribution is 1.15. The van der Waals surface area contributed by atoms with Gasteiger partial charge in [-0.1, -0.05) is 146 Å². The second-order valence-electron chi connectivity index (χ2n) is 15.9. The van der Waals surface area contributed by atoms with Crippen LogP contribution in [0.3, 0.4) is 0 Å². The monoisotopic (exact) mass is 836 g/mol. The van der Waals surface area contributed by atoms with Crippen molar-refractivity contribution in [2.45, 2.75) is 6.42 Å². The van der Waals surface area contributed by atoms with E-state index < -0.39 is 0 Å². The molecule has 0 bridgehead atoms. The Morgan fingerprint density at radius 1 is 0.169 bits per heavy atom. The van der Waals surface area contributed by atoms with E-state index in [1.807, 2.05) is 0 Å². The van der Waals surface area contributed by atoms with E-state index in [-0.39, 0.29) is 0 Å². The third kappa shape index (κ3) is 9.15. The molecule has 10 rings (SSSR count). The normalized spacial score (nSPS) is 10.8. The number of hydrogen-bond acceptors (Lipinski definition) is 4. The fraction of sp³-hybridized carbons (Fsp3) is 0.0164. The van der Waals surface area contributed by atoms with Gasteiger partial charge in [0.1, 0.15) is 0 Å². The van der Waals surface area contributed by atoms with Gasteiger partial charge < -0.3 is 19.6 Å². The molecule has 0 saturated heterocycles. The van der Waals surface area contributed by atoms with Crippen LogP contribution in [0.4, 0.5) is 68.2 Å². The maximum atomic E-state index is 2.36. The van der Waals surface area contributed by atoms with E-state index in [1.54, 1.807) is 0 Å². The second-order valence-corrected chi connectivity index (χ2v) is 15.9. The van der Waals surface area contributed by atoms with Gasteiger partial charge in [-0.25, -0.2) is 0 Å². The quantitative estimate of drug-likeness (QED) is 0.108. The van der Waals surface area contributed by atoms with E-state index >= 15 is 0 Å². The van der Waals surface area contributed by atoms with Gasteiger partial charge in [0.2, 0.25) is 0 Å². The van der Waals surface area contributed by atoms with Crippen molar-refractivity contribution in [3.8, 4) is 0 Å². The summed E-state index contributed by atoms with van der Waals surface area (Å²) in [6.45, 7) is 0. The molecule has 0 N–H and O–H groups in total. The molecule has 10 aromatic carbocycles. The minimum atomic E-state index is 0.658. The number of nitrogens with zero attached hydrogens (tertiary/aromatic N) is 4. The van der Waals surface area contributed by atoms with Crippen LogP contribution in [0.5, 0.6) is 0 Å². The Morgan fingerprint density at radius 3 is 0.477 bits per heavy atom. The van der Waals surface area contributed by atoms with E-state index in [4.69, 9.17) is 0 Å². The highest BCUT2D eigenvalue weighted by molar-refractivity contribution is 5.86. The molecular weight excluding hydrogens is 789 g/mol. The zero-order valence-corrected chi connectivity index (χ0v) is 36.1. The van der Waals surface area contributed by atoms with E-state index in [2.05, 4.69) is 299 Å². The van der Waals surface area contributed by atoms with Gasteiger partial charge in [-0.2, -0.15) is 0 Å². The summed E-state index contributed by atoms with van der Waals surface area (Å²) in [5.41, 5.74) is 15.3. The van der Waals surface area contributed by atoms with Crippen LogP contribution < -0.4 is 19.6 Å². The Hall–Kier alpha value is -8.60. The molecule has 0 fully saturated rings. The summed E-state index contributed by atoms with van der Waals surface area (Å²) in [5, 5.41) is 0. The highest BCUT2D eigenvalue weighted by atomic mass is 15.2. The topological polar surface area (TPSA) is 13.0 Å². The summed E-state index contributed by atoms with van der Waals surface area (Å²) in [5.74, 6) is 0. The highest BCUT2D eigenvalue weighted by Crippen LogP contribution is 2.44. The number of benzene rings is 10. The van der Waals surface area contributed by atoms with Gasteiger partial charge >= 0.3 is 0 Å². The summed E-state index contributed by atoms with van der Waals surface area (Å²) >= 11 is 0. The van der Waals surface area contributed by atoms with Crippen molar-refractivity contribution in [2.75, 3.05) is 19.6 Å². The van der Waals surface area contributed by atoms with Crippen LogP contribution in [0.25, 0.3) is 0 Å². The average Bonchev–Trinajstić information content (AvgIpc) is 3.37. The maximum Gasteiger partial charge on any atom is 0.0485 e. The molecule has 10 aromatic rings. The molecule has 0 radical (unpaired) electrons. The van der Waals surface area contributed by atoms with Crippen LogP contribution in [-0.4, -0.2) is 0 Å². The highest BCUT2D eigenvalue weighted by Gasteiger charge is 2.22. The third-order valence-corrected chi connectivity index (χ3v) is 11.5. The Kier molecular flexibility index (Phi) is 12.0. The van der Waals surface area contributed by atoms with Crippen molar-refractivity contribution in [1.82, 2.24) is 0 Å². The molecule has 0 aliphatic carbocycles. The molecule has 4 heteroatoms. The van der Waals surface area contributed by atoms with Crippen LogP contribution in [0.15, 0.2) is 279 Å². The molecule has 0 unspecified atom stereocenters. The number of rotatable bonds is 14. The third-order valence-electron chi connectivity index (χ3n) is 11.5. The van der Waals surface area contributed by atoms with Crippen molar-refractivity contribution in [1.29, 1.82) is 0 Å². The fourth-order valence-electron chi connectivity index (χ4n) is 8.67. The molecule has 0 heterocycles. The van der Waals surface area contributed by atoms with Crippen molar-refractivity contribution < 1.29 is 0 Å². The Balaban J connectivity index is 1.21. The van der Waals surface area contributed by atoms with E-state index in [9.17, 15) is 0 Å². The molecule has 4 nitrogen and oxygen atoms in total. The van der Waals surface area contributed by atoms with Gasteiger partial charge in [0.05, 0.1) is 0 Å². The predicted molar refractivity (Wildman–Crippen MR) is 274 cm³/mol. The van der Waals surface area contributed by atoms with E-state index in [0.717, 1.165) is 68.2 Å². The Labute approximate surface area is 382 Å². The first-order valence-electron chi connectivity index (χ1n) is 22.1. The van der Waals surface area contributed by atoms with Crippen LogP contribution in [-0.2, 0) is 6.42 Å². The number of anilines is 12. The van der Waals surface area contributed by atoms with Crippen molar-refractivity contribution in [2.24, 2.45) is 0 Å². The second kappa shape index (κ2) is 19.2. The first-order valence-corrected chi connectivity index (χ1v) is 22.1. The van der Waals surface area contributed by atoms with Crippen molar-refractivity contribution >= 4 is 68.2 Å². The zero-order chi connectivity index (χ0) is 43.6. The van der Waals surface area contributed by atoms with E-state index in [0.29, 0.717) is 6.42 Å². The maximum absolute atomic E-state index is 2.36. The van der Waals surface area contributed by atoms with Crippen LogP contribution in [0.1, 0.15) is 11.1 Å². The van der Waals surface area contributed by atoms with E-state index in [1.165, 1.54) is 11.1 Å². The molecule has 0 atom stereocenters. The van der Waals surface area contributed by atoms with Crippen molar-refractivity contribution in [3.05, 3.63) is 290 Å². The minimum Gasteiger partial charge on any atom is -0.310 e. The number of hydrogen-bond donors (Lipinski definition) is 0. The molecule has 0 amide bonds. The standard InChI is InChI=1S/C61H48N4/c1-9-25-50(26-10-1)62(51-27-11-2-12-28-51)58-42-48(43-59(46-58)63(52-29-13-3-14-30-52)53-31-15-4-16-32-53)41-49-44-60(64(54-33-17-5-18-34-54)55-35-19-6-20-36-55)47-61(45-49)65(56-37-21-7-22-38-56)57-39-23-8-24-40-57/h1-40,42-47H,41H2. The lowest BCUT2D eigenvalue weighted by Gasteiger charge is -2.31. The minimum absolute atomic E-state index is 0.658. The molecule has 0 spiro atoms. The molecule has 0 aromatic heterocycles. The Morgan fingerprint density at radius 2 is 0.323 bits per heavy atom. The molecule has 312 valence electrons. The SMILES string of the molecule is c1ccc(N(c2ccccc2)c2cc(Cc3cc(N(c4ccccc4)c4ccccc4)cc(N(c4ccccc4)c4ccccc4)c3)cc(N(c3ccccc3)c3ccccc3)c2)cc1. The van der Waals surface area contributed by atoms with Gasteiger partial charge in [-0.3, -0.25) is 0 Å². The van der Waals surface area contributed by atoms with Crippen LogP contribution >= 0.6 is 0 Å². The first-order chi connectivity index (χ1) is 32.2. The largest absolute Gasteiger partial charge is 0.310 e. The molecule has 65 heavy (non-hydrogen) atoms. The summed E-state index contributed by atoms with van der Waals surface area (Å²) in [6.07, 6.45) is 0.658. The smallest absolute Gasteiger partial charge is 0.0485 e. The van der Waals surface area contributed by atoms with Crippen LogP contribution in [0.2, 0.25) is 0 Å². The average molecular weight is 837 g/mol. The van der Waals surface area contributed by atoms with Gasteiger partial charge in [0, 0.05) is 68.2 Å². The molecular formula is C61H48N4. The zero-order valence-electron chi connectivity index (χ0n) is 36.1. The summed E-state index contributed by atoms with van der Waals surface area (Å²) < 4.78 is 0. The van der Waals surface area contributed by atoms with Gasteiger partial charge in [0.15, 0.2) is 0 Å². The van der Waals surface area contributed by atoms with Gasteiger partial charge in [-0.05, 0) is 151 Å². The summed E-state index contributed by atoms with van der Waals surface area (Å²) in [4.78, 5) is 9.45. The summed E-state index contributed by atoms with van der Waals surface area (Å²) in [6, 6.07) is 99.5. The summed E-state index contributed by atoms with van der Waals surface area (Å²) in [7, 11) is 0. The lowest BCUT2D eigenvalue weighted by atomic mass is 9.99. The first kappa shape index (κ1) is 40.5.